The molecule has 1 aliphatic rings. The summed E-state index contributed by atoms with van der Waals surface area (Å²) in [6.45, 7) is 1.62. The van der Waals surface area contributed by atoms with Crippen LogP contribution in [0.4, 0.5) is 0 Å². The number of carbonyl (C=O) groups excluding carboxylic acids is 1. The van der Waals surface area contributed by atoms with Crippen LogP contribution in [0.25, 0.3) is 0 Å². The monoisotopic (exact) mass is 249 g/mol. The maximum atomic E-state index is 11.6. The average molecular weight is 249 g/mol. The lowest BCUT2D eigenvalue weighted by molar-refractivity contribution is -0.133. The van der Waals surface area contributed by atoms with Crippen LogP contribution in [0.15, 0.2) is 0 Å². The van der Waals surface area contributed by atoms with Gasteiger partial charge in [0.2, 0.25) is 5.91 Å². The molecule has 1 fully saturated rings. The molecule has 4 nitrogen and oxygen atoms in total. The maximum Gasteiger partial charge on any atom is 0.313 e. The summed E-state index contributed by atoms with van der Waals surface area (Å²) < 4.78 is 0. The molecule has 0 saturated carbocycles. The first-order valence-corrected chi connectivity index (χ1v) is 7.16. The molecule has 1 aliphatic heterocycles. The van der Waals surface area contributed by atoms with E-state index in [9.17, 15) is 9.59 Å². The Morgan fingerprint density at radius 2 is 2.07 bits per heavy atom. The molecule has 0 unspecified atom stereocenters. The predicted octanol–water partition coefficient (Wildman–Crippen LogP) is 0.770. The Kier molecular flexibility index (Phi) is 5.93. The van der Waals surface area contributed by atoms with Crippen molar-refractivity contribution in [1.82, 2.24) is 4.90 Å². The molecule has 1 saturated heterocycles. The third-order valence-electron chi connectivity index (χ3n) is 2.03. The van der Waals surface area contributed by atoms with Gasteiger partial charge in [0.15, 0.2) is 0 Å². The Hall–Kier alpha value is -0.360. The van der Waals surface area contributed by atoms with Crippen molar-refractivity contribution in [3.63, 3.8) is 0 Å². The predicted molar refractivity (Wildman–Crippen MR) is 63.5 cm³/mol. The van der Waals surface area contributed by atoms with Crippen LogP contribution in [0.2, 0.25) is 0 Å². The molecule has 0 radical (unpaired) electrons. The zero-order valence-electron chi connectivity index (χ0n) is 8.48. The van der Waals surface area contributed by atoms with Gasteiger partial charge in [0.25, 0.3) is 0 Å². The molecule has 1 rings (SSSR count). The minimum atomic E-state index is -0.862. The van der Waals surface area contributed by atoms with Crippen LogP contribution in [0, 0.1) is 0 Å². The molecular weight excluding hydrogens is 234 g/mol. The fourth-order valence-electron chi connectivity index (χ4n) is 1.31. The summed E-state index contributed by atoms with van der Waals surface area (Å²) in [6.07, 6.45) is 1.04. The lowest BCUT2D eigenvalue weighted by Gasteiger charge is -2.19. The van der Waals surface area contributed by atoms with Crippen molar-refractivity contribution < 1.29 is 14.7 Å². The second-order valence-corrected chi connectivity index (χ2v) is 5.44. The largest absolute Gasteiger partial charge is 0.481 e. The molecule has 0 spiro atoms. The van der Waals surface area contributed by atoms with Crippen molar-refractivity contribution in [2.45, 2.75) is 6.42 Å². The van der Waals surface area contributed by atoms with Gasteiger partial charge < -0.3 is 10.0 Å². The molecule has 0 aromatic carbocycles. The van der Waals surface area contributed by atoms with Gasteiger partial charge in [0, 0.05) is 18.8 Å². The molecule has 6 heteroatoms. The summed E-state index contributed by atoms with van der Waals surface area (Å²) in [5.74, 6) is 1.62. The molecule has 0 aromatic rings. The van der Waals surface area contributed by atoms with Crippen molar-refractivity contribution in [1.29, 1.82) is 0 Å². The quantitative estimate of drug-likeness (QED) is 0.797. The van der Waals surface area contributed by atoms with E-state index in [1.807, 2.05) is 16.7 Å². The standard InChI is InChI=1S/C9H15NO3S2/c11-8(6-15-7-9(12)13)10-2-1-4-14-5-3-10/h1-7H2,(H,12,13). The Balaban J connectivity index is 2.22. The highest BCUT2D eigenvalue weighted by molar-refractivity contribution is 8.00. The normalized spacial score (nSPS) is 17.2. The summed E-state index contributed by atoms with van der Waals surface area (Å²) in [6, 6.07) is 0. The van der Waals surface area contributed by atoms with Gasteiger partial charge in [-0.05, 0) is 12.2 Å². The Labute approximate surface area is 97.8 Å². The van der Waals surface area contributed by atoms with E-state index >= 15 is 0 Å². The zero-order chi connectivity index (χ0) is 11.1. The number of hydrogen-bond acceptors (Lipinski definition) is 4. The highest BCUT2D eigenvalue weighted by Gasteiger charge is 2.15. The molecule has 0 aromatic heterocycles. The van der Waals surface area contributed by atoms with Crippen LogP contribution >= 0.6 is 23.5 Å². The Morgan fingerprint density at radius 1 is 1.27 bits per heavy atom. The number of aliphatic carboxylic acids is 1. The summed E-state index contributed by atoms with van der Waals surface area (Å²) in [5.41, 5.74) is 0. The van der Waals surface area contributed by atoms with Gasteiger partial charge >= 0.3 is 5.97 Å². The minimum absolute atomic E-state index is 0.00826. The van der Waals surface area contributed by atoms with Gasteiger partial charge in [0.05, 0.1) is 11.5 Å². The van der Waals surface area contributed by atoms with E-state index in [1.165, 1.54) is 11.8 Å². The zero-order valence-corrected chi connectivity index (χ0v) is 10.1. The fraction of sp³-hybridized carbons (Fsp3) is 0.778. The molecule has 1 N–H and O–H groups in total. The fourth-order valence-corrected chi connectivity index (χ4v) is 2.83. The first-order chi connectivity index (χ1) is 7.20. The van der Waals surface area contributed by atoms with Gasteiger partial charge in [-0.2, -0.15) is 11.8 Å². The number of carboxylic acids is 1. The first-order valence-electron chi connectivity index (χ1n) is 4.85. The van der Waals surface area contributed by atoms with Crippen molar-refractivity contribution in [3.05, 3.63) is 0 Å². The van der Waals surface area contributed by atoms with Crippen LogP contribution in [0.5, 0.6) is 0 Å². The second kappa shape index (κ2) is 7.00. The van der Waals surface area contributed by atoms with E-state index in [0.717, 1.165) is 31.0 Å². The number of hydrogen-bond donors (Lipinski definition) is 1. The van der Waals surface area contributed by atoms with Crippen LogP contribution in [0.1, 0.15) is 6.42 Å². The van der Waals surface area contributed by atoms with Gasteiger partial charge in [-0.25, -0.2) is 0 Å². The van der Waals surface area contributed by atoms with E-state index in [-0.39, 0.29) is 17.4 Å². The summed E-state index contributed by atoms with van der Waals surface area (Å²) in [7, 11) is 0. The maximum absolute atomic E-state index is 11.6. The van der Waals surface area contributed by atoms with Crippen molar-refractivity contribution in [2.24, 2.45) is 0 Å². The van der Waals surface area contributed by atoms with Gasteiger partial charge in [0.1, 0.15) is 0 Å². The average Bonchev–Trinajstić information content (AvgIpc) is 2.44. The number of thioether (sulfide) groups is 2. The number of amides is 1. The highest BCUT2D eigenvalue weighted by atomic mass is 32.2. The van der Waals surface area contributed by atoms with Crippen LogP contribution in [0.3, 0.4) is 0 Å². The van der Waals surface area contributed by atoms with Crippen molar-refractivity contribution in [3.8, 4) is 0 Å². The molecule has 0 aliphatic carbocycles. The molecular formula is C9H15NO3S2. The Morgan fingerprint density at radius 3 is 2.80 bits per heavy atom. The molecule has 1 heterocycles. The van der Waals surface area contributed by atoms with Gasteiger partial charge in [-0.15, -0.1) is 11.8 Å². The van der Waals surface area contributed by atoms with Gasteiger partial charge in [-0.3, -0.25) is 9.59 Å². The number of carboxylic acid groups (broad SMARTS) is 1. The molecule has 15 heavy (non-hydrogen) atoms. The molecule has 1 amide bonds. The second-order valence-electron chi connectivity index (χ2n) is 3.23. The smallest absolute Gasteiger partial charge is 0.313 e. The van der Waals surface area contributed by atoms with Gasteiger partial charge in [-0.1, -0.05) is 0 Å². The lowest BCUT2D eigenvalue weighted by Crippen LogP contribution is -2.34. The SMILES string of the molecule is O=C(O)CSCC(=O)N1CCCSCC1. The highest BCUT2D eigenvalue weighted by Crippen LogP contribution is 2.11. The number of rotatable bonds is 4. The Bertz CT molecular complexity index is 227. The van der Waals surface area contributed by atoms with Crippen molar-refractivity contribution >= 4 is 35.4 Å². The first kappa shape index (κ1) is 12.7. The van der Waals surface area contributed by atoms with Crippen LogP contribution in [-0.2, 0) is 9.59 Å². The molecule has 0 atom stereocenters. The summed E-state index contributed by atoms with van der Waals surface area (Å²) in [5, 5.41) is 8.43. The van der Waals surface area contributed by atoms with E-state index < -0.39 is 5.97 Å². The van der Waals surface area contributed by atoms with Crippen molar-refractivity contribution in [2.75, 3.05) is 36.1 Å². The van der Waals surface area contributed by atoms with E-state index in [1.54, 1.807) is 0 Å². The van der Waals surface area contributed by atoms with E-state index in [0.29, 0.717) is 0 Å². The summed E-state index contributed by atoms with van der Waals surface area (Å²) >= 11 is 3.04. The number of nitrogens with zero attached hydrogens (tertiary/aromatic N) is 1. The van der Waals surface area contributed by atoms with Crippen LogP contribution < -0.4 is 0 Å². The third kappa shape index (κ3) is 5.32. The lowest BCUT2D eigenvalue weighted by atomic mass is 10.4. The summed E-state index contributed by atoms with van der Waals surface area (Å²) in [4.78, 5) is 23.7. The topological polar surface area (TPSA) is 57.6 Å². The van der Waals surface area contributed by atoms with Crippen LogP contribution in [-0.4, -0.2) is 58.0 Å². The van der Waals surface area contributed by atoms with E-state index in [4.69, 9.17) is 5.11 Å². The number of carbonyl (C=O) groups is 2. The third-order valence-corrected chi connectivity index (χ3v) is 3.98. The van der Waals surface area contributed by atoms with E-state index in [2.05, 4.69) is 0 Å². The minimum Gasteiger partial charge on any atom is -0.481 e. The molecule has 86 valence electrons. The molecule has 0 bridgehead atoms.